The maximum Gasteiger partial charge on any atom is 0.119 e. The van der Waals surface area contributed by atoms with E-state index < -0.39 is 0 Å². The van der Waals surface area contributed by atoms with Crippen LogP contribution in [0.1, 0.15) is 51.1 Å². The first-order valence-corrected chi connectivity index (χ1v) is 13.1. The summed E-state index contributed by atoms with van der Waals surface area (Å²) in [5, 5.41) is 5.00. The van der Waals surface area contributed by atoms with E-state index in [1.165, 1.54) is 44.2 Å². The molecule has 0 bridgehead atoms. The van der Waals surface area contributed by atoms with Gasteiger partial charge in [0.2, 0.25) is 0 Å². The highest BCUT2D eigenvalue weighted by molar-refractivity contribution is 5.61. The average molecular weight is 477 g/mol. The standard InChI is InChI=1S/C29H36N2O4/c1-2-3-4-5-6-7-8-24-17-29(22-9-13-25(14-10-22)32-18-27-20-34-27)30-31(24)23-11-15-26(16-12-23)33-19-28-21-35-28/h9-17,27-28H,2-8,18-21H2,1H3. The van der Waals surface area contributed by atoms with Crippen molar-refractivity contribution in [2.45, 2.75) is 64.1 Å². The number of epoxide rings is 2. The van der Waals surface area contributed by atoms with Crippen molar-refractivity contribution in [1.29, 1.82) is 0 Å². The van der Waals surface area contributed by atoms with Crippen molar-refractivity contribution < 1.29 is 18.9 Å². The van der Waals surface area contributed by atoms with Crippen LogP contribution >= 0.6 is 0 Å². The van der Waals surface area contributed by atoms with E-state index in [1.807, 2.05) is 24.3 Å². The Bertz CT molecular complexity index is 1050. The Balaban J connectivity index is 1.29. The van der Waals surface area contributed by atoms with Gasteiger partial charge in [-0.05, 0) is 67.4 Å². The Hall–Kier alpha value is -2.83. The molecule has 0 N–H and O–H groups in total. The van der Waals surface area contributed by atoms with E-state index in [0.717, 1.165) is 48.1 Å². The topological polar surface area (TPSA) is 61.3 Å². The Morgan fingerprint density at radius 3 is 1.97 bits per heavy atom. The summed E-state index contributed by atoms with van der Waals surface area (Å²) >= 11 is 0. The molecule has 0 aliphatic carbocycles. The summed E-state index contributed by atoms with van der Waals surface area (Å²) in [5.41, 5.74) is 4.36. The SMILES string of the molecule is CCCCCCCCc1cc(-c2ccc(OCC3CO3)cc2)nn1-c1ccc(OCC2CO2)cc1. The molecule has 6 nitrogen and oxygen atoms in total. The smallest absolute Gasteiger partial charge is 0.119 e. The van der Waals surface area contributed by atoms with Crippen LogP contribution in [0.5, 0.6) is 11.5 Å². The molecule has 35 heavy (non-hydrogen) atoms. The quantitative estimate of drug-likeness (QED) is 0.199. The third kappa shape index (κ3) is 7.09. The number of hydrogen-bond acceptors (Lipinski definition) is 5. The number of nitrogens with zero attached hydrogens (tertiary/aromatic N) is 2. The predicted octanol–water partition coefficient (Wildman–Crippen LogP) is 6.00. The zero-order valence-corrected chi connectivity index (χ0v) is 20.7. The molecule has 0 spiro atoms. The lowest BCUT2D eigenvalue weighted by Crippen LogP contribution is -2.05. The molecule has 2 atom stereocenters. The normalized spacial score (nSPS) is 18.4. The van der Waals surface area contributed by atoms with Gasteiger partial charge in [0.05, 0.1) is 24.6 Å². The highest BCUT2D eigenvalue weighted by Crippen LogP contribution is 2.27. The number of hydrogen-bond donors (Lipinski definition) is 0. The van der Waals surface area contributed by atoms with Crippen LogP contribution in [0.4, 0.5) is 0 Å². The van der Waals surface area contributed by atoms with Crippen LogP contribution in [0.25, 0.3) is 16.9 Å². The molecular weight excluding hydrogens is 440 g/mol. The van der Waals surface area contributed by atoms with Crippen LogP contribution in [-0.4, -0.2) is 48.4 Å². The monoisotopic (exact) mass is 476 g/mol. The first kappa shape index (κ1) is 23.9. The van der Waals surface area contributed by atoms with Gasteiger partial charge in [-0.3, -0.25) is 0 Å². The van der Waals surface area contributed by atoms with Gasteiger partial charge in [-0.25, -0.2) is 4.68 Å². The fourth-order valence-electron chi connectivity index (χ4n) is 4.16. The van der Waals surface area contributed by atoms with Gasteiger partial charge in [0, 0.05) is 11.3 Å². The summed E-state index contributed by atoms with van der Waals surface area (Å²) < 4.78 is 24.1. The molecule has 6 heteroatoms. The summed E-state index contributed by atoms with van der Waals surface area (Å²) in [4.78, 5) is 0. The van der Waals surface area contributed by atoms with Crippen molar-refractivity contribution in [2.24, 2.45) is 0 Å². The zero-order chi connectivity index (χ0) is 23.9. The molecule has 2 fully saturated rings. The van der Waals surface area contributed by atoms with E-state index in [1.54, 1.807) is 0 Å². The Morgan fingerprint density at radius 1 is 0.800 bits per heavy atom. The van der Waals surface area contributed by atoms with E-state index >= 15 is 0 Å². The maximum atomic E-state index is 5.81. The third-order valence-corrected chi connectivity index (χ3v) is 6.48. The fraction of sp³-hybridized carbons (Fsp3) is 0.483. The van der Waals surface area contributed by atoms with Crippen molar-refractivity contribution in [3.05, 3.63) is 60.3 Å². The molecule has 3 aromatic rings. The van der Waals surface area contributed by atoms with Crippen LogP contribution in [0.2, 0.25) is 0 Å². The zero-order valence-electron chi connectivity index (χ0n) is 20.7. The number of rotatable bonds is 15. The molecule has 5 rings (SSSR count). The van der Waals surface area contributed by atoms with Gasteiger partial charge in [0.15, 0.2) is 0 Å². The van der Waals surface area contributed by atoms with Crippen LogP contribution in [-0.2, 0) is 15.9 Å². The fourth-order valence-corrected chi connectivity index (χ4v) is 4.16. The lowest BCUT2D eigenvalue weighted by molar-refractivity contribution is 0.263. The molecule has 2 unspecified atom stereocenters. The molecule has 0 saturated carbocycles. The average Bonchev–Trinajstić information content (AvgIpc) is 3.83. The van der Waals surface area contributed by atoms with Crippen molar-refractivity contribution in [2.75, 3.05) is 26.4 Å². The molecule has 2 aliphatic rings. The van der Waals surface area contributed by atoms with E-state index in [0.29, 0.717) is 13.2 Å². The van der Waals surface area contributed by atoms with Crippen molar-refractivity contribution >= 4 is 0 Å². The number of aromatic nitrogens is 2. The minimum absolute atomic E-state index is 0.256. The predicted molar refractivity (Wildman–Crippen MR) is 137 cm³/mol. The first-order valence-electron chi connectivity index (χ1n) is 13.1. The van der Waals surface area contributed by atoms with Gasteiger partial charge in [-0.15, -0.1) is 0 Å². The molecule has 1 aromatic heterocycles. The summed E-state index contributed by atoms with van der Waals surface area (Å²) in [5.74, 6) is 1.73. The lowest BCUT2D eigenvalue weighted by Gasteiger charge is -2.09. The Kier molecular flexibility index (Phi) is 8.01. The molecule has 186 valence electrons. The molecule has 2 saturated heterocycles. The largest absolute Gasteiger partial charge is 0.491 e. The van der Waals surface area contributed by atoms with Gasteiger partial charge in [0.1, 0.15) is 36.9 Å². The summed E-state index contributed by atoms with van der Waals surface area (Å²) in [7, 11) is 0. The van der Waals surface area contributed by atoms with Gasteiger partial charge < -0.3 is 18.9 Å². The number of aryl methyl sites for hydroxylation is 1. The van der Waals surface area contributed by atoms with Crippen molar-refractivity contribution in [3.63, 3.8) is 0 Å². The summed E-state index contributed by atoms with van der Waals surface area (Å²) in [6, 6.07) is 18.6. The third-order valence-electron chi connectivity index (χ3n) is 6.48. The van der Waals surface area contributed by atoms with Crippen LogP contribution in [0.15, 0.2) is 54.6 Å². The highest BCUT2D eigenvalue weighted by Gasteiger charge is 2.23. The van der Waals surface area contributed by atoms with Gasteiger partial charge in [0.25, 0.3) is 0 Å². The van der Waals surface area contributed by atoms with Crippen molar-refractivity contribution in [1.82, 2.24) is 9.78 Å². The van der Waals surface area contributed by atoms with E-state index in [4.69, 9.17) is 24.0 Å². The van der Waals surface area contributed by atoms with Crippen LogP contribution < -0.4 is 9.47 Å². The summed E-state index contributed by atoms with van der Waals surface area (Å²) in [6.07, 6.45) is 9.20. The highest BCUT2D eigenvalue weighted by atomic mass is 16.6. The lowest BCUT2D eigenvalue weighted by atomic mass is 10.1. The second-order valence-electron chi connectivity index (χ2n) is 9.50. The van der Waals surface area contributed by atoms with Gasteiger partial charge in [-0.1, -0.05) is 39.0 Å². The summed E-state index contributed by atoms with van der Waals surface area (Å²) in [6.45, 7) is 5.10. The van der Waals surface area contributed by atoms with Crippen LogP contribution in [0, 0.1) is 0 Å². The molecule has 2 aliphatic heterocycles. The Labute approximate surface area is 208 Å². The maximum absolute atomic E-state index is 5.81. The second kappa shape index (κ2) is 11.7. The Morgan fingerprint density at radius 2 is 1.37 bits per heavy atom. The van der Waals surface area contributed by atoms with Gasteiger partial charge in [-0.2, -0.15) is 5.10 Å². The second-order valence-corrected chi connectivity index (χ2v) is 9.50. The van der Waals surface area contributed by atoms with Gasteiger partial charge >= 0.3 is 0 Å². The molecule has 0 amide bonds. The molecule has 0 radical (unpaired) electrons. The van der Waals surface area contributed by atoms with E-state index in [2.05, 4.69) is 41.9 Å². The first-order chi connectivity index (χ1) is 17.3. The minimum atomic E-state index is 0.256. The number of ether oxygens (including phenoxy) is 4. The molecule has 3 heterocycles. The van der Waals surface area contributed by atoms with Crippen LogP contribution in [0.3, 0.4) is 0 Å². The van der Waals surface area contributed by atoms with E-state index in [-0.39, 0.29) is 12.2 Å². The van der Waals surface area contributed by atoms with E-state index in [9.17, 15) is 0 Å². The molecule has 2 aromatic carbocycles. The van der Waals surface area contributed by atoms with Crippen molar-refractivity contribution in [3.8, 4) is 28.4 Å². The minimum Gasteiger partial charge on any atom is -0.491 e. The molecular formula is C29H36N2O4. The number of unbranched alkanes of at least 4 members (excludes halogenated alkanes) is 5. The number of benzene rings is 2.